The number of ketones is 1. The molecule has 20 heavy (non-hydrogen) atoms. The van der Waals surface area contributed by atoms with Crippen molar-refractivity contribution in [2.75, 3.05) is 6.54 Å². The second-order valence-corrected chi connectivity index (χ2v) is 5.72. The minimum absolute atomic E-state index is 0.0888. The Kier molecular flexibility index (Phi) is 5.95. The van der Waals surface area contributed by atoms with Crippen LogP contribution >= 0.6 is 11.6 Å². The van der Waals surface area contributed by atoms with Crippen molar-refractivity contribution < 1.29 is 14.3 Å². The van der Waals surface area contributed by atoms with E-state index < -0.39 is 11.7 Å². The molecule has 0 bridgehead atoms. The topological polar surface area (TPSA) is 68.3 Å². The summed E-state index contributed by atoms with van der Waals surface area (Å²) in [5.74, 6) is -0.0888. The van der Waals surface area contributed by atoms with E-state index in [1.165, 1.54) is 12.4 Å². The zero-order valence-electron chi connectivity index (χ0n) is 11.9. The first-order chi connectivity index (χ1) is 9.29. The van der Waals surface area contributed by atoms with E-state index in [1.807, 2.05) is 0 Å². The maximum atomic E-state index is 11.9. The molecule has 110 valence electrons. The predicted molar refractivity (Wildman–Crippen MR) is 77.0 cm³/mol. The number of nitrogens with zero attached hydrogens (tertiary/aromatic N) is 1. The average Bonchev–Trinajstić information content (AvgIpc) is 2.33. The van der Waals surface area contributed by atoms with E-state index in [4.69, 9.17) is 16.3 Å². The minimum Gasteiger partial charge on any atom is -0.444 e. The Morgan fingerprint density at radius 3 is 2.70 bits per heavy atom. The van der Waals surface area contributed by atoms with Gasteiger partial charge in [-0.25, -0.2) is 4.79 Å². The fourth-order valence-electron chi connectivity index (χ4n) is 1.47. The lowest BCUT2D eigenvalue weighted by Gasteiger charge is -2.19. The van der Waals surface area contributed by atoms with E-state index in [2.05, 4.69) is 10.3 Å². The van der Waals surface area contributed by atoms with E-state index in [1.54, 1.807) is 26.8 Å². The minimum atomic E-state index is -0.525. The third-order valence-electron chi connectivity index (χ3n) is 2.32. The summed E-state index contributed by atoms with van der Waals surface area (Å²) in [6.45, 7) is 5.75. The van der Waals surface area contributed by atoms with E-state index in [-0.39, 0.29) is 5.78 Å². The van der Waals surface area contributed by atoms with Gasteiger partial charge in [0.05, 0.1) is 10.6 Å². The molecule has 1 rings (SSSR count). The van der Waals surface area contributed by atoms with Crippen LogP contribution in [-0.2, 0) is 4.74 Å². The number of ether oxygens (including phenoxy) is 1. The SMILES string of the molecule is CC(C)(C)OC(=O)NCCCC(=O)c1cnccc1Cl. The molecule has 0 aliphatic rings. The molecule has 6 heteroatoms. The van der Waals surface area contributed by atoms with Crippen LogP contribution in [0, 0.1) is 0 Å². The molecular weight excluding hydrogens is 280 g/mol. The fourth-order valence-corrected chi connectivity index (χ4v) is 1.68. The summed E-state index contributed by atoms with van der Waals surface area (Å²) >= 11 is 5.90. The number of alkyl carbamates (subject to hydrolysis) is 1. The van der Waals surface area contributed by atoms with Gasteiger partial charge >= 0.3 is 6.09 Å². The van der Waals surface area contributed by atoms with Crippen LogP contribution in [0.15, 0.2) is 18.5 Å². The van der Waals surface area contributed by atoms with Gasteiger partial charge in [0.15, 0.2) is 5.78 Å². The summed E-state index contributed by atoms with van der Waals surface area (Å²) in [5.41, 5.74) is -0.116. The van der Waals surface area contributed by atoms with E-state index in [9.17, 15) is 9.59 Å². The Labute approximate surface area is 123 Å². The Morgan fingerprint density at radius 2 is 2.10 bits per heavy atom. The second-order valence-electron chi connectivity index (χ2n) is 5.31. The lowest BCUT2D eigenvalue weighted by atomic mass is 10.1. The van der Waals surface area contributed by atoms with E-state index in [0.717, 1.165) is 0 Å². The zero-order valence-corrected chi connectivity index (χ0v) is 12.7. The van der Waals surface area contributed by atoms with Crippen LogP contribution in [0.1, 0.15) is 44.0 Å². The molecule has 5 nitrogen and oxygen atoms in total. The van der Waals surface area contributed by atoms with Crippen molar-refractivity contribution in [3.63, 3.8) is 0 Å². The van der Waals surface area contributed by atoms with Crippen LogP contribution < -0.4 is 5.32 Å². The monoisotopic (exact) mass is 298 g/mol. The van der Waals surface area contributed by atoms with Crippen molar-refractivity contribution >= 4 is 23.5 Å². The van der Waals surface area contributed by atoms with Crippen molar-refractivity contribution in [2.45, 2.75) is 39.2 Å². The van der Waals surface area contributed by atoms with Crippen LogP contribution in [0.25, 0.3) is 0 Å². The van der Waals surface area contributed by atoms with Gasteiger partial charge in [0.2, 0.25) is 0 Å². The maximum absolute atomic E-state index is 11.9. The summed E-state index contributed by atoms with van der Waals surface area (Å²) < 4.78 is 5.08. The summed E-state index contributed by atoms with van der Waals surface area (Å²) in [5, 5.41) is 2.99. The normalized spacial score (nSPS) is 11.0. The number of carbonyl (C=O) groups is 2. The molecule has 0 atom stereocenters. The third-order valence-corrected chi connectivity index (χ3v) is 2.65. The van der Waals surface area contributed by atoms with Crippen LogP contribution in [-0.4, -0.2) is 29.0 Å². The molecule has 0 spiro atoms. The molecule has 0 aromatic carbocycles. The standard InChI is InChI=1S/C14H19ClN2O3/c1-14(2,3)20-13(19)17-7-4-5-12(18)10-9-16-8-6-11(10)15/h6,8-9H,4-5,7H2,1-3H3,(H,17,19). The molecule has 0 unspecified atom stereocenters. The lowest BCUT2D eigenvalue weighted by Crippen LogP contribution is -2.33. The largest absolute Gasteiger partial charge is 0.444 e. The Bertz CT molecular complexity index is 484. The van der Waals surface area contributed by atoms with Gasteiger partial charge in [0.1, 0.15) is 5.60 Å². The van der Waals surface area contributed by atoms with Crippen molar-refractivity contribution in [3.8, 4) is 0 Å². The number of Topliss-reactive ketones (excluding diaryl/α,β-unsaturated/α-hetero) is 1. The number of hydrogen-bond acceptors (Lipinski definition) is 4. The highest BCUT2D eigenvalue weighted by Crippen LogP contribution is 2.15. The van der Waals surface area contributed by atoms with Gasteiger partial charge < -0.3 is 10.1 Å². The van der Waals surface area contributed by atoms with Gasteiger partial charge in [-0.3, -0.25) is 9.78 Å². The van der Waals surface area contributed by atoms with Crippen LogP contribution in [0.4, 0.5) is 4.79 Å². The summed E-state index contributed by atoms with van der Waals surface area (Å²) in [6.07, 6.45) is 3.31. The summed E-state index contributed by atoms with van der Waals surface area (Å²) in [4.78, 5) is 27.1. The molecular formula is C14H19ClN2O3. The Hall–Kier alpha value is -1.62. The lowest BCUT2D eigenvalue weighted by molar-refractivity contribution is 0.0525. The van der Waals surface area contributed by atoms with Crippen LogP contribution in [0.5, 0.6) is 0 Å². The van der Waals surface area contributed by atoms with Gasteiger partial charge in [0, 0.05) is 25.4 Å². The molecule has 1 aromatic heterocycles. The zero-order chi connectivity index (χ0) is 15.2. The number of nitrogens with one attached hydrogen (secondary N) is 1. The molecule has 0 saturated carbocycles. The molecule has 0 aliphatic heterocycles. The van der Waals surface area contributed by atoms with Gasteiger partial charge in [-0.15, -0.1) is 0 Å². The van der Waals surface area contributed by atoms with Crippen molar-refractivity contribution in [3.05, 3.63) is 29.0 Å². The summed E-state index contributed by atoms with van der Waals surface area (Å²) in [7, 11) is 0. The number of carbonyl (C=O) groups excluding carboxylic acids is 2. The van der Waals surface area contributed by atoms with E-state index >= 15 is 0 Å². The molecule has 1 amide bonds. The number of halogens is 1. The number of rotatable bonds is 5. The van der Waals surface area contributed by atoms with Crippen LogP contribution in [0.3, 0.4) is 0 Å². The number of hydrogen-bond donors (Lipinski definition) is 1. The first-order valence-electron chi connectivity index (χ1n) is 6.39. The highest BCUT2D eigenvalue weighted by Gasteiger charge is 2.16. The van der Waals surface area contributed by atoms with E-state index in [0.29, 0.717) is 30.0 Å². The number of amides is 1. The molecule has 0 saturated heterocycles. The van der Waals surface area contributed by atoms with Crippen molar-refractivity contribution in [1.82, 2.24) is 10.3 Å². The highest BCUT2D eigenvalue weighted by atomic mass is 35.5. The summed E-state index contributed by atoms with van der Waals surface area (Å²) in [6, 6.07) is 1.58. The molecule has 1 N–H and O–H groups in total. The maximum Gasteiger partial charge on any atom is 0.407 e. The fraction of sp³-hybridized carbons (Fsp3) is 0.500. The average molecular weight is 299 g/mol. The molecule has 0 radical (unpaired) electrons. The number of pyridine rings is 1. The third kappa shape index (κ3) is 6.02. The Morgan fingerprint density at radius 1 is 1.40 bits per heavy atom. The first kappa shape index (κ1) is 16.4. The van der Waals surface area contributed by atoms with Gasteiger partial charge in [-0.2, -0.15) is 0 Å². The molecule has 0 fully saturated rings. The second kappa shape index (κ2) is 7.24. The molecule has 1 heterocycles. The number of aromatic nitrogens is 1. The molecule has 1 aromatic rings. The molecule has 0 aliphatic carbocycles. The van der Waals surface area contributed by atoms with Gasteiger partial charge in [-0.1, -0.05) is 11.6 Å². The first-order valence-corrected chi connectivity index (χ1v) is 6.77. The Balaban J connectivity index is 2.30. The van der Waals surface area contributed by atoms with Crippen LogP contribution in [0.2, 0.25) is 5.02 Å². The van der Waals surface area contributed by atoms with Crippen molar-refractivity contribution in [2.24, 2.45) is 0 Å². The van der Waals surface area contributed by atoms with Gasteiger partial charge in [0.25, 0.3) is 0 Å². The smallest absolute Gasteiger partial charge is 0.407 e. The van der Waals surface area contributed by atoms with Gasteiger partial charge in [-0.05, 0) is 33.3 Å². The quantitative estimate of drug-likeness (QED) is 0.669. The van der Waals surface area contributed by atoms with Crippen molar-refractivity contribution in [1.29, 1.82) is 0 Å². The highest BCUT2D eigenvalue weighted by molar-refractivity contribution is 6.33. The predicted octanol–water partition coefficient (Wildman–Crippen LogP) is 3.22.